The van der Waals surface area contributed by atoms with Crippen LogP contribution in [-0.4, -0.2) is 19.1 Å². The number of halogens is 2. The summed E-state index contributed by atoms with van der Waals surface area (Å²) < 4.78 is 1.13. The quantitative estimate of drug-likeness (QED) is 0.841. The summed E-state index contributed by atoms with van der Waals surface area (Å²) in [5.41, 5.74) is 1.30. The van der Waals surface area contributed by atoms with E-state index < -0.39 is 0 Å². The average Bonchev–Trinajstić information content (AvgIpc) is 2.30. The normalized spacial score (nSPS) is 18.1. The predicted molar refractivity (Wildman–Crippen MR) is 68.4 cm³/mol. The molecule has 2 nitrogen and oxygen atoms in total. The average molecular weight is 290 g/mol. The summed E-state index contributed by atoms with van der Waals surface area (Å²) in [5.74, 6) is 0. The van der Waals surface area contributed by atoms with E-state index in [1.54, 1.807) is 0 Å². The number of hydrogen-bond donors (Lipinski definition) is 1. The highest BCUT2D eigenvalue weighted by Gasteiger charge is 2.18. The summed E-state index contributed by atoms with van der Waals surface area (Å²) in [6.07, 6.45) is 2.22. The molecule has 1 saturated heterocycles. The van der Waals surface area contributed by atoms with E-state index in [0.717, 1.165) is 30.4 Å². The molecular formula is C11H14BrClN2. The van der Waals surface area contributed by atoms with Crippen molar-refractivity contribution in [1.82, 2.24) is 4.84 Å². The molecule has 82 valence electrons. The van der Waals surface area contributed by atoms with Crippen molar-refractivity contribution in [1.29, 1.82) is 0 Å². The van der Waals surface area contributed by atoms with Crippen LogP contribution >= 0.6 is 27.7 Å². The molecule has 0 bridgehead atoms. The minimum atomic E-state index is 0.471. The van der Waals surface area contributed by atoms with Crippen LogP contribution in [0.3, 0.4) is 0 Å². The molecule has 0 radical (unpaired) electrons. The molecule has 1 aliphatic heterocycles. The van der Waals surface area contributed by atoms with Gasteiger partial charge in [-0.25, -0.2) is 4.84 Å². The van der Waals surface area contributed by atoms with E-state index in [9.17, 15) is 0 Å². The highest BCUT2D eigenvalue weighted by atomic mass is 79.9. The molecule has 1 heterocycles. The van der Waals surface area contributed by atoms with Gasteiger partial charge in [0.1, 0.15) is 0 Å². The van der Waals surface area contributed by atoms with Gasteiger partial charge in [-0.2, -0.15) is 0 Å². The van der Waals surface area contributed by atoms with Gasteiger partial charge in [0.15, 0.2) is 0 Å². The lowest BCUT2D eigenvalue weighted by atomic mass is 10.1. The highest BCUT2D eigenvalue weighted by molar-refractivity contribution is 9.10. The maximum atomic E-state index is 5.62. The number of nitrogens with zero attached hydrogens (tertiary/aromatic N) is 1. The smallest absolute Gasteiger partial charge is 0.0366 e. The molecule has 1 aromatic rings. The third-order valence-electron chi connectivity index (χ3n) is 2.84. The Kier molecular flexibility index (Phi) is 3.89. The molecule has 1 N–H and O–H groups in total. The Bertz CT molecular complexity index is 307. The van der Waals surface area contributed by atoms with E-state index >= 15 is 0 Å². The van der Waals surface area contributed by atoms with E-state index in [1.807, 2.05) is 0 Å². The standard InChI is InChI=1S/C11H14BrClN2/c12-9-1-3-11(4-2-9)15-7-5-10(14-13)6-8-15/h1-4,10,14H,5-8H2. The van der Waals surface area contributed by atoms with Crippen LogP contribution in [0, 0.1) is 0 Å². The van der Waals surface area contributed by atoms with Crippen LogP contribution in [-0.2, 0) is 0 Å². The Morgan fingerprint density at radius 1 is 1.20 bits per heavy atom. The molecule has 1 fully saturated rings. The summed E-state index contributed by atoms with van der Waals surface area (Å²) in [6.45, 7) is 2.15. The van der Waals surface area contributed by atoms with Crippen LogP contribution in [0.4, 0.5) is 5.69 Å². The summed E-state index contributed by atoms with van der Waals surface area (Å²) in [6, 6.07) is 8.94. The van der Waals surface area contributed by atoms with E-state index in [1.165, 1.54) is 5.69 Å². The summed E-state index contributed by atoms with van der Waals surface area (Å²) in [7, 11) is 0. The Hall–Kier alpha value is -0.250. The lowest BCUT2D eigenvalue weighted by Crippen LogP contribution is -2.39. The molecule has 0 atom stereocenters. The van der Waals surface area contributed by atoms with Crippen LogP contribution in [0.15, 0.2) is 28.7 Å². The fourth-order valence-electron chi connectivity index (χ4n) is 1.90. The van der Waals surface area contributed by atoms with Gasteiger partial charge in [0.05, 0.1) is 0 Å². The summed E-state index contributed by atoms with van der Waals surface area (Å²) >= 11 is 9.06. The zero-order chi connectivity index (χ0) is 10.7. The number of rotatable bonds is 2. The van der Waals surface area contributed by atoms with Gasteiger partial charge in [0.2, 0.25) is 0 Å². The topological polar surface area (TPSA) is 15.3 Å². The van der Waals surface area contributed by atoms with E-state index in [0.29, 0.717) is 6.04 Å². The molecular weight excluding hydrogens is 275 g/mol. The first-order valence-electron chi connectivity index (χ1n) is 5.16. The summed E-state index contributed by atoms with van der Waals surface area (Å²) in [4.78, 5) is 5.22. The SMILES string of the molecule is ClNC1CCN(c2ccc(Br)cc2)CC1. The minimum Gasteiger partial charge on any atom is -0.371 e. The van der Waals surface area contributed by atoms with Crippen molar-refractivity contribution < 1.29 is 0 Å². The van der Waals surface area contributed by atoms with Gasteiger partial charge in [-0.05, 0) is 48.9 Å². The van der Waals surface area contributed by atoms with Crippen molar-refractivity contribution in [2.45, 2.75) is 18.9 Å². The van der Waals surface area contributed by atoms with Gasteiger partial charge in [-0.15, -0.1) is 0 Å². The van der Waals surface area contributed by atoms with E-state index in [2.05, 4.69) is 49.9 Å². The van der Waals surface area contributed by atoms with Crippen molar-refractivity contribution in [2.24, 2.45) is 0 Å². The molecule has 0 amide bonds. The molecule has 1 aliphatic rings. The van der Waals surface area contributed by atoms with Crippen LogP contribution in [0.25, 0.3) is 0 Å². The minimum absolute atomic E-state index is 0.471. The highest BCUT2D eigenvalue weighted by Crippen LogP contribution is 2.22. The second kappa shape index (κ2) is 5.19. The zero-order valence-electron chi connectivity index (χ0n) is 8.42. The molecule has 0 saturated carbocycles. The first-order chi connectivity index (χ1) is 7.29. The monoisotopic (exact) mass is 288 g/mol. The maximum absolute atomic E-state index is 5.62. The maximum Gasteiger partial charge on any atom is 0.0366 e. The number of hydrogen-bond acceptors (Lipinski definition) is 2. The van der Waals surface area contributed by atoms with E-state index in [-0.39, 0.29) is 0 Å². The molecule has 15 heavy (non-hydrogen) atoms. The Morgan fingerprint density at radius 2 is 1.80 bits per heavy atom. The van der Waals surface area contributed by atoms with Gasteiger partial charge in [0.25, 0.3) is 0 Å². The fraction of sp³-hybridized carbons (Fsp3) is 0.455. The van der Waals surface area contributed by atoms with Gasteiger partial charge in [-0.3, -0.25) is 0 Å². The van der Waals surface area contributed by atoms with Crippen LogP contribution in [0.5, 0.6) is 0 Å². The number of benzene rings is 1. The van der Waals surface area contributed by atoms with E-state index in [4.69, 9.17) is 11.8 Å². The third kappa shape index (κ3) is 2.86. The molecule has 0 spiro atoms. The molecule has 0 aromatic heterocycles. The third-order valence-corrected chi connectivity index (χ3v) is 3.68. The van der Waals surface area contributed by atoms with Crippen molar-refractivity contribution in [3.8, 4) is 0 Å². The lowest BCUT2D eigenvalue weighted by molar-refractivity contribution is 0.475. The summed E-state index contributed by atoms with van der Waals surface area (Å²) in [5, 5.41) is 0. The predicted octanol–water partition coefficient (Wildman–Crippen LogP) is 3.16. The molecule has 4 heteroatoms. The van der Waals surface area contributed by atoms with Crippen LogP contribution < -0.4 is 9.74 Å². The second-order valence-electron chi connectivity index (χ2n) is 3.85. The second-order valence-corrected chi connectivity index (χ2v) is 4.98. The van der Waals surface area contributed by atoms with Crippen molar-refractivity contribution in [3.05, 3.63) is 28.7 Å². The lowest BCUT2D eigenvalue weighted by Gasteiger charge is -2.32. The van der Waals surface area contributed by atoms with Crippen LogP contribution in [0.1, 0.15) is 12.8 Å². The number of piperidine rings is 1. The van der Waals surface area contributed by atoms with Gasteiger partial charge < -0.3 is 4.90 Å². The Morgan fingerprint density at radius 3 is 2.33 bits per heavy atom. The van der Waals surface area contributed by atoms with Crippen LogP contribution in [0.2, 0.25) is 0 Å². The number of anilines is 1. The van der Waals surface area contributed by atoms with Gasteiger partial charge in [0, 0.05) is 29.3 Å². The molecule has 0 aliphatic carbocycles. The molecule has 1 aromatic carbocycles. The molecule has 0 unspecified atom stereocenters. The fourth-order valence-corrected chi connectivity index (χ4v) is 2.38. The van der Waals surface area contributed by atoms with Crippen molar-refractivity contribution in [3.63, 3.8) is 0 Å². The first-order valence-corrected chi connectivity index (χ1v) is 6.33. The Balaban J connectivity index is 1.98. The Labute approximate surface area is 104 Å². The van der Waals surface area contributed by atoms with Crippen molar-refractivity contribution >= 4 is 33.4 Å². The zero-order valence-corrected chi connectivity index (χ0v) is 10.8. The first kappa shape index (κ1) is 11.2. The van der Waals surface area contributed by atoms with Crippen molar-refractivity contribution in [2.75, 3.05) is 18.0 Å². The number of nitrogens with one attached hydrogen (secondary N) is 1. The van der Waals surface area contributed by atoms with Gasteiger partial charge in [-0.1, -0.05) is 15.9 Å². The van der Waals surface area contributed by atoms with Gasteiger partial charge >= 0.3 is 0 Å². The largest absolute Gasteiger partial charge is 0.371 e. The molecule has 2 rings (SSSR count).